The lowest BCUT2D eigenvalue weighted by atomic mass is 10.3. The quantitative estimate of drug-likeness (QED) is 0.502. The van der Waals surface area contributed by atoms with E-state index in [4.69, 9.17) is 11.6 Å². The number of carbonyl (C=O) groups is 1. The zero-order chi connectivity index (χ0) is 20.4. The second kappa shape index (κ2) is 8.23. The van der Waals surface area contributed by atoms with Crippen molar-refractivity contribution < 1.29 is 4.79 Å². The van der Waals surface area contributed by atoms with Crippen molar-refractivity contribution in [3.05, 3.63) is 76.8 Å². The van der Waals surface area contributed by atoms with E-state index in [0.29, 0.717) is 17.3 Å². The first-order valence-corrected chi connectivity index (χ1v) is 10.2. The van der Waals surface area contributed by atoms with Gasteiger partial charge in [-0.05, 0) is 56.3 Å². The summed E-state index contributed by atoms with van der Waals surface area (Å²) < 4.78 is 1.65. The number of hydrogen-bond acceptors (Lipinski definition) is 5. The molecule has 6 nitrogen and oxygen atoms in total. The molecule has 0 atom stereocenters. The van der Waals surface area contributed by atoms with Crippen LogP contribution in [0.3, 0.4) is 0 Å². The lowest BCUT2D eigenvalue weighted by Gasteiger charge is -2.06. The van der Waals surface area contributed by atoms with Crippen molar-refractivity contribution in [2.45, 2.75) is 30.1 Å². The maximum Gasteiger partial charge on any atom is 0.252 e. The van der Waals surface area contributed by atoms with Gasteiger partial charge in [0.25, 0.3) is 5.78 Å². The number of rotatable bonds is 5. The van der Waals surface area contributed by atoms with E-state index < -0.39 is 0 Å². The maximum absolute atomic E-state index is 12.4. The molecule has 0 unspecified atom stereocenters. The Balaban J connectivity index is 1.41. The summed E-state index contributed by atoms with van der Waals surface area (Å²) in [5.41, 5.74) is 2.51. The minimum atomic E-state index is -0.179. The molecule has 1 N–H and O–H groups in total. The number of nitrogens with zero attached hydrogens (tertiary/aromatic N) is 4. The van der Waals surface area contributed by atoms with Gasteiger partial charge in [0.1, 0.15) is 0 Å². The van der Waals surface area contributed by atoms with Crippen LogP contribution in [0.1, 0.15) is 17.2 Å². The zero-order valence-electron chi connectivity index (χ0n) is 15.9. The normalized spacial score (nSPS) is 11.0. The SMILES string of the molecule is Cc1cc(C)n2nc(CC(=O)Nc3ccc(Sc4ccccc4Cl)cc3)nc2n1. The molecule has 29 heavy (non-hydrogen) atoms. The zero-order valence-corrected chi connectivity index (χ0v) is 17.5. The van der Waals surface area contributed by atoms with Crippen LogP contribution in [0.4, 0.5) is 5.69 Å². The Morgan fingerprint density at radius 3 is 2.62 bits per heavy atom. The fourth-order valence-corrected chi connectivity index (χ4v) is 3.98. The molecular weight excluding hydrogens is 406 g/mol. The van der Waals surface area contributed by atoms with Gasteiger partial charge in [-0.2, -0.15) is 4.98 Å². The molecule has 0 saturated carbocycles. The Labute approximate surface area is 177 Å². The van der Waals surface area contributed by atoms with E-state index in [-0.39, 0.29) is 12.3 Å². The van der Waals surface area contributed by atoms with Gasteiger partial charge >= 0.3 is 0 Å². The number of amides is 1. The summed E-state index contributed by atoms with van der Waals surface area (Å²) >= 11 is 7.78. The standard InChI is InChI=1S/C21H18ClN5OS/c1-13-11-14(2)27-21(23-13)25-19(26-27)12-20(28)24-15-7-9-16(10-8-15)29-18-6-4-3-5-17(18)22/h3-11H,12H2,1-2H3,(H,24,28). The van der Waals surface area contributed by atoms with Crippen LogP contribution in [0.15, 0.2) is 64.4 Å². The van der Waals surface area contributed by atoms with Gasteiger partial charge in [-0.15, -0.1) is 5.10 Å². The third kappa shape index (κ3) is 4.58. The van der Waals surface area contributed by atoms with E-state index in [2.05, 4.69) is 20.4 Å². The van der Waals surface area contributed by atoms with Crippen LogP contribution in [0.5, 0.6) is 0 Å². The molecule has 0 fully saturated rings. The smallest absolute Gasteiger partial charge is 0.252 e. The minimum Gasteiger partial charge on any atom is -0.326 e. The summed E-state index contributed by atoms with van der Waals surface area (Å²) in [6.45, 7) is 3.84. The molecule has 0 aliphatic carbocycles. The molecule has 0 radical (unpaired) electrons. The van der Waals surface area contributed by atoms with E-state index in [1.54, 1.807) is 16.3 Å². The topological polar surface area (TPSA) is 72.2 Å². The lowest BCUT2D eigenvalue weighted by molar-refractivity contribution is -0.115. The monoisotopic (exact) mass is 423 g/mol. The molecule has 2 heterocycles. The molecule has 0 saturated heterocycles. The second-order valence-corrected chi connectivity index (χ2v) is 8.08. The average Bonchev–Trinajstić information content (AvgIpc) is 3.07. The highest BCUT2D eigenvalue weighted by atomic mass is 35.5. The molecule has 8 heteroatoms. The molecular formula is C21H18ClN5OS. The number of benzene rings is 2. The van der Waals surface area contributed by atoms with Crippen molar-refractivity contribution >= 4 is 40.7 Å². The van der Waals surface area contributed by atoms with Crippen molar-refractivity contribution in [2.75, 3.05) is 5.32 Å². The molecule has 1 amide bonds. The summed E-state index contributed by atoms with van der Waals surface area (Å²) in [4.78, 5) is 23.1. The fraction of sp³-hybridized carbons (Fsp3) is 0.143. The van der Waals surface area contributed by atoms with Crippen LogP contribution in [0, 0.1) is 13.8 Å². The number of nitrogens with one attached hydrogen (secondary N) is 1. The third-order valence-corrected chi connectivity index (χ3v) is 5.71. The van der Waals surface area contributed by atoms with Crippen LogP contribution >= 0.6 is 23.4 Å². The van der Waals surface area contributed by atoms with Crippen LogP contribution in [-0.4, -0.2) is 25.5 Å². The van der Waals surface area contributed by atoms with E-state index in [9.17, 15) is 4.79 Å². The summed E-state index contributed by atoms with van der Waals surface area (Å²) in [5.74, 6) is 0.766. The molecule has 4 rings (SSSR count). The molecule has 0 aliphatic heterocycles. The van der Waals surface area contributed by atoms with Crippen molar-refractivity contribution in [2.24, 2.45) is 0 Å². The van der Waals surface area contributed by atoms with Crippen molar-refractivity contribution in [3.8, 4) is 0 Å². The summed E-state index contributed by atoms with van der Waals surface area (Å²) in [5, 5.41) is 7.97. The summed E-state index contributed by atoms with van der Waals surface area (Å²) in [6.07, 6.45) is 0.0813. The molecule has 0 spiro atoms. The molecule has 0 bridgehead atoms. The summed E-state index contributed by atoms with van der Waals surface area (Å²) in [7, 11) is 0. The molecule has 2 aromatic carbocycles. The molecule has 4 aromatic rings. The number of carbonyl (C=O) groups excluding carboxylic acids is 1. The van der Waals surface area contributed by atoms with Gasteiger partial charge in [-0.25, -0.2) is 9.50 Å². The Morgan fingerprint density at radius 1 is 1.10 bits per heavy atom. The van der Waals surface area contributed by atoms with E-state index in [1.165, 1.54) is 0 Å². The largest absolute Gasteiger partial charge is 0.326 e. The predicted octanol–water partition coefficient (Wildman–Crippen LogP) is 4.73. The Morgan fingerprint density at radius 2 is 1.86 bits per heavy atom. The number of hydrogen-bond donors (Lipinski definition) is 1. The van der Waals surface area contributed by atoms with E-state index >= 15 is 0 Å². The van der Waals surface area contributed by atoms with Gasteiger partial charge in [-0.1, -0.05) is 35.5 Å². The first-order chi connectivity index (χ1) is 14.0. The number of halogens is 1. The van der Waals surface area contributed by atoms with Crippen molar-refractivity contribution in [1.29, 1.82) is 0 Å². The van der Waals surface area contributed by atoms with Gasteiger partial charge in [0.05, 0.1) is 11.4 Å². The van der Waals surface area contributed by atoms with Crippen LogP contribution in [0.25, 0.3) is 5.78 Å². The molecule has 0 aliphatic rings. The second-order valence-electron chi connectivity index (χ2n) is 6.56. The maximum atomic E-state index is 12.4. The fourth-order valence-electron chi connectivity index (χ4n) is 2.89. The Kier molecular flexibility index (Phi) is 5.51. The van der Waals surface area contributed by atoms with E-state index in [1.807, 2.05) is 68.4 Å². The predicted molar refractivity (Wildman–Crippen MR) is 115 cm³/mol. The van der Waals surface area contributed by atoms with Crippen LogP contribution in [0.2, 0.25) is 5.02 Å². The van der Waals surface area contributed by atoms with Crippen LogP contribution < -0.4 is 5.32 Å². The highest BCUT2D eigenvalue weighted by Gasteiger charge is 2.12. The van der Waals surface area contributed by atoms with Gasteiger partial charge < -0.3 is 5.32 Å². The minimum absolute atomic E-state index is 0.0813. The number of aromatic nitrogens is 4. The first kappa shape index (κ1) is 19.4. The van der Waals surface area contributed by atoms with Gasteiger partial charge in [0, 0.05) is 26.9 Å². The average molecular weight is 424 g/mol. The molecule has 146 valence electrons. The lowest BCUT2D eigenvalue weighted by Crippen LogP contribution is -2.15. The van der Waals surface area contributed by atoms with Crippen molar-refractivity contribution in [1.82, 2.24) is 19.6 Å². The highest BCUT2D eigenvalue weighted by molar-refractivity contribution is 7.99. The van der Waals surface area contributed by atoms with Crippen molar-refractivity contribution in [3.63, 3.8) is 0 Å². The number of anilines is 1. The van der Waals surface area contributed by atoms with E-state index in [0.717, 1.165) is 26.2 Å². The summed E-state index contributed by atoms with van der Waals surface area (Å²) in [6, 6.07) is 17.2. The van der Waals surface area contributed by atoms with Gasteiger partial charge in [0.15, 0.2) is 5.82 Å². The van der Waals surface area contributed by atoms with Gasteiger partial charge in [0.2, 0.25) is 5.91 Å². The first-order valence-electron chi connectivity index (χ1n) is 9.00. The number of fused-ring (bicyclic) bond motifs is 1. The molecule has 2 aromatic heterocycles. The Bertz CT molecular complexity index is 1190. The number of aryl methyl sites for hydroxylation is 2. The van der Waals surface area contributed by atoms with Gasteiger partial charge in [-0.3, -0.25) is 4.79 Å². The Hall–Kier alpha value is -2.90. The van der Waals surface area contributed by atoms with Crippen LogP contribution in [-0.2, 0) is 11.2 Å². The third-order valence-electron chi connectivity index (χ3n) is 4.18. The highest BCUT2D eigenvalue weighted by Crippen LogP contribution is 2.33.